The second-order valence-corrected chi connectivity index (χ2v) is 4.86. The van der Waals surface area contributed by atoms with Gasteiger partial charge >= 0.3 is 5.97 Å². The molecule has 1 aliphatic rings. The lowest BCUT2D eigenvalue weighted by atomic mass is 9.92. The molecule has 0 unspecified atom stereocenters. The van der Waals surface area contributed by atoms with Gasteiger partial charge in [-0.25, -0.2) is 4.39 Å². The lowest BCUT2D eigenvalue weighted by Gasteiger charge is -2.23. The Morgan fingerprint density at radius 3 is 3.00 bits per heavy atom. The molecule has 0 saturated heterocycles. The van der Waals surface area contributed by atoms with Gasteiger partial charge in [-0.2, -0.15) is 0 Å². The maximum atomic E-state index is 13.7. The van der Waals surface area contributed by atoms with E-state index in [1.54, 1.807) is 6.92 Å². The number of halogens is 2. The summed E-state index contributed by atoms with van der Waals surface area (Å²) in [5, 5.41) is 10.7. The molecule has 1 atom stereocenters. The molecular formula is C13H14ClFO3. The van der Waals surface area contributed by atoms with Crippen LogP contribution < -0.4 is 0 Å². The molecule has 0 amide bonds. The van der Waals surface area contributed by atoms with Crippen LogP contribution in [0.2, 0.25) is 5.02 Å². The van der Waals surface area contributed by atoms with Crippen LogP contribution in [-0.4, -0.2) is 17.7 Å². The van der Waals surface area contributed by atoms with Crippen LogP contribution in [0.1, 0.15) is 30.9 Å². The van der Waals surface area contributed by atoms with Gasteiger partial charge in [0.15, 0.2) is 0 Å². The highest BCUT2D eigenvalue weighted by Crippen LogP contribution is 2.42. The van der Waals surface area contributed by atoms with Crippen molar-refractivity contribution in [2.24, 2.45) is 0 Å². The Hall–Kier alpha value is -1.13. The second-order valence-electron chi connectivity index (χ2n) is 4.43. The van der Waals surface area contributed by atoms with Crippen LogP contribution in [0, 0.1) is 5.82 Å². The molecule has 1 aliphatic carbocycles. The first-order chi connectivity index (χ1) is 8.46. The van der Waals surface area contributed by atoms with Crippen LogP contribution in [0.5, 0.6) is 0 Å². The van der Waals surface area contributed by atoms with Crippen LogP contribution in [0.15, 0.2) is 12.1 Å². The molecule has 98 valence electrons. The SMILES string of the molecule is CCOC(=O)C[C@@]1(O)CCc2c(F)cc(Cl)cc21. The van der Waals surface area contributed by atoms with Crippen molar-refractivity contribution < 1.29 is 19.0 Å². The number of aliphatic hydroxyl groups is 1. The van der Waals surface area contributed by atoms with Crippen LogP contribution in [0.4, 0.5) is 4.39 Å². The fourth-order valence-corrected chi connectivity index (χ4v) is 2.58. The largest absolute Gasteiger partial charge is 0.466 e. The monoisotopic (exact) mass is 272 g/mol. The smallest absolute Gasteiger partial charge is 0.309 e. The van der Waals surface area contributed by atoms with Crippen molar-refractivity contribution in [3.63, 3.8) is 0 Å². The second kappa shape index (κ2) is 4.86. The Bertz CT molecular complexity index is 489. The summed E-state index contributed by atoms with van der Waals surface area (Å²) in [6.07, 6.45) is 0.528. The van der Waals surface area contributed by atoms with Crippen molar-refractivity contribution in [3.05, 3.63) is 34.1 Å². The van der Waals surface area contributed by atoms with Gasteiger partial charge < -0.3 is 9.84 Å². The normalized spacial score (nSPS) is 21.8. The number of hydrogen-bond donors (Lipinski definition) is 1. The minimum absolute atomic E-state index is 0.173. The number of carbonyl (C=O) groups is 1. The zero-order valence-corrected chi connectivity index (χ0v) is 10.8. The molecular weight excluding hydrogens is 259 g/mol. The zero-order valence-electron chi connectivity index (χ0n) is 10.0. The molecule has 0 radical (unpaired) electrons. The van der Waals surface area contributed by atoms with E-state index in [4.69, 9.17) is 16.3 Å². The number of esters is 1. The summed E-state index contributed by atoms with van der Waals surface area (Å²) < 4.78 is 18.5. The Kier molecular flexibility index (Phi) is 3.59. The Morgan fingerprint density at radius 1 is 1.61 bits per heavy atom. The van der Waals surface area contributed by atoms with E-state index in [1.165, 1.54) is 12.1 Å². The summed E-state index contributed by atoms with van der Waals surface area (Å²) in [6, 6.07) is 2.74. The summed E-state index contributed by atoms with van der Waals surface area (Å²) >= 11 is 5.79. The highest BCUT2D eigenvalue weighted by atomic mass is 35.5. The molecule has 5 heteroatoms. The lowest BCUT2D eigenvalue weighted by molar-refractivity contribution is -0.149. The average Bonchev–Trinajstić information content (AvgIpc) is 2.57. The summed E-state index contributed by atoms with van der Waals surface area (Å²) in [5.74, 6) is -0.925. The zero-order chi connectivity index (χ0) is 13.3. The van der Waals surface area contributed by atoms with E-state index in [9.17, 15) is 14.3 Å². The number of ether oxygens (including phenoxy) is 1. The minimum atomic E-state index is -1.37. The molecule has 1 N–H and O–H groups in total. The summed E-state index contributed by atoms with van der Waals surface area (Å²) in [4.78, 5) is 11.5. The summed E-state index contributed by atoms with van der Waals surface area (Å²) in [5.41, 5.74) is -0.528. The van der Waals surface area contributed by atoms with E-state index in [2.05, 4.69) is 0 Å². The molecule has 0 heterocycles. The third kappa shape index (κ3) is 2.35. The van der Waals surface area contributed by atoms with Crippen molar-refractivity contribution in [1.82, 2.24) is 0 Å². The van der Waals surface area contributed by atoms with Gasteiger partial charge in [0.2, 0.25) is 0 Å². The van der Waals surface area contributed by atoms with Gasteiger partial charge in [0, 0.05) is 5.02 Å². The van der Waals surface area contributed by atoms with Gasteiger partial charge in [0.05, 0.1) is 13.0 Å². The van der Waals surface area contributed by atoms with Crippen LogP contribution in [0.25, 0.3) is 0 Å². The van der Waals surface area contributed by atoms with Gasteiger partial charge in [0.1, 0.15) is 11.4 Å². The van der Waals surface area contributed by atoms with E-state index < -0.39 is 17.4 Å². The molecule has 3 nitrogen and oxygen atoms in total. The molecule has 0 saturated carbocycles. The minimum Gasteiger partial charge on any atom is -0.466 e. The van der Waals surface area contributed by atoms with E-state index in [0.29, 0.717) is 24.0 Å². The Balaban J connectivity index is 2.32. The molecule has 0 fully saturated rings. The molecule has 0 bridgehead atoms. The number of fused-ring (bicyclic) bond motifs is 1. The maximum absolute atomic E-state index is 13.7. The standard InChI is InChI=1S/C13H14ClFO3/c1-2-18-12(16)7-13(17)4-3-9-10(13)5-8(14)6-11(9)15/h5-6,17H,2-4,7H2,1H3/t13-/m0/s1. The maximum Gasteiger partial charge on any atom is 0.309 e. The third-order valence-electron chi connectivity index (χ3n) is 3.19. The number of benzene rings is 1. The fourth-order valence-electron chi connectivity index (χ4n) is 2.37. The Morgan fingerprint density at radius 2 is 2.33 bits per heavy atom. The molecule has 0 aliphatic heterocycles. The van der Waals surface area contributed by atoms with Crippen molar-refractivity contribution in [3.8, 4) is 0 Å². The quantitative estimate of drug-likeness (QED) is 0.860. The predicted molar refractivity (Wildman–Crippen MR) is 64.9 cm³/mol. The van der Waals surface area contributed by atoms with E-state index in [-0.39, 0.29) is 18.1 Å². The third-order valence-corrected chi connectivity index (χ3v) is 3.41. The molecule has 1 aromatic carbocycles. The first-order valence-corrected chi connectivity index (χ1v) is 6.20. The van der Waals surface area contributed by atoms with Gasteiger partial charge in [-0.15, -0.1) is 0 Å². The van der Waals surface area contributed by atoms with Gasteiger partial charge in [0.25, 0.3) is 0 Å². The van der Waals surface area contributed by atoms with E-state index in [1.807, 2.05) is 0 Å². The molecule has 1 aromatic rings. The van der Waals surface area contributed by atoms with Crippen molar-refractivity contribution in [2.45, 2.75) is 31.8 Å². The highest BCUT2D eigenvalue weighted by molar-refractivity contribution is 6.30. The topological polar surface area (TPSA) is 46.5 Å². The number of rotatable bonds is 3. The highest BCUT2D eigenvalue weighted by Gasteiger charge is 2.40. The summed E-state index contributed by atoms with van der Waals surface area (Å²) in [6.45, 7) is 1.95. The molecule has 0 spiro atoms. The van der Waals surface area contributed by atoms with Crippen molar-refractivity contribution in [1.29, 1.82) is 0 Å². The average molecular weight is 273 g/mol. The first-order valence-electron chi connectivity index (χ1n) is 5.82. The van der Waals surface area contributed by atoms with Gasteiger partial charge in [-0.3, -0.25) is 4.79 Å². The number of carbonyl (C=O) groups excluding carboxylic acids is 1. The lowest BCUT2D eigenvalue weighted by Crippen LogP contribution is -2.27. The molecule has 0 aromatic heterocycles. The summed E-state index contributed by atoms with van der Waals surface area (Å²) in [7, 11) is 0. The number of hydrogen-bond acceptors (Lipinski definition) is 3. The molecule has 18 heavy (non-hydrogen) atoms. The van der Waals surface area contributed by atoms with E-state index in [0.717, 1.165) is 0 Å². The van der Waals surface area contributed by atoms with Crippen molar-refractivity contribution >= 4 is 17.6 Å². The van der Waals surface area contributed by atoms with Crippen LogP contribution >= 0.6 is 11.6 Å². The predicted octanol–water partition coefficient (Wildman–Crippen LogP) is 2.57. The van der Waals surface area contributed by atoms with E-state index >= 15 is 0 Å². The van der Waals surface area contributed by atoms with Gasteiger partial charge in [-0.1, -0.05) is 11.6 Å². The first kappa shape index (κ1) is 13.3. The van der Waals surface area contributed by atoms with Crippen molar-refractivity contribution in [2.75, 3.05) is 6.61 Å². The van der Waals surface area contributed by atoms with Crippen LogP contribution in [0.3, 0.4) is 0 Å². The fraction of sp³-hybridized carbons (Fsp3) is 0.462. The van der Waals surface area contributed by atoms with Gasteiger partial charge in [-0.05, 0) is 43.0 Å². The van der Waals surface area contributed by atoms with Crippen LogP contribution in [-0.2, 0) is 21.6 Å². The Labute approximate surface area is 110 Å². The molecule has 2 rings (SSSR count).